The minimum atomic E-state index is -4.49. The molecule has 1 aliphatic heterocycles. The normalized spacial score (nSPS) is 15.9. The maximum Gasteiger partial charge on any atom is 0.436 e. The van der Waals surface area contributed by atoms with Gasteiger partial charge in [0, 0.05) is 19.5 Å². The average molecular weight is 354 g/mol. The largest absolute Gasteiger partial charge is 0.436 e. The molecule has 1 aliphatic rings. The fourth-order valence-corrected chi connectivity index (χ4v) is 2.76. The van der Waals surface area contributed by atoms with Crippen molar-refractivity contribution in [2.75, 3.05) is 13.1 Å². The van der Waals surface area contributed by atoms with E-state index in [1.165, 1.54) is 4.68 Å². The number of hydrogen-bond acceptors (Lipinski definition) is 2. The summed E-state index contributed by atoms with van der Waals surface area (Å²) in [5.74, 6) is -0.0259. The number of halogens is 4. The molecule has 0 aliphatic carbocycles. The summed E-state index contributed by atoms with van der Waals surface area (Å²) in [6.07, 6.45) is -2.33. The maximum absolute atomic E-state index is 12.7. The zero-order valence-corrected chi connectivity index (χ0v) is 12.6. The highest BCUT2D eigenvalue weighted by molar-refractivity contribution is 9.10. The summed E-state index contributed by atoms with van der Waals surface area (Å²) in [4.78, 5) is 13.6. The second kappa shape index (κ2) is 5.75. The molecule has 1 saturated heterocycles. The summed E-state index contributed by atoms with van der Waals surface area (Å²) >= 11 is 2.91. The highest BCUT2D eigenvalue weighted by Crippen LogP contribution is 2.35. The molecule has 112 valence electrons. The number of nitrogens with zero attached hydrogens (tertiary/aromatic N) is 3. The Labute approximate surface area is 123 Å². The molecule has 1 fully saturated rings. The highest BCUT2D eigenvalue weighted by atomic mass is 79.9. The van der Waals surface area contributed by atoms with Crippen molar-refractivity contribution in [2.45, 2.75) is 38.9 Å². The van der Waals surface area contributed by atoms with Gasteiger partial charge in [0.15, 0.2) is 5.69 Å². The standard InChI is InChI=1S/C12H15BrF3N3O/c1-8-10(13)11(12(14,15)16)17-19(8)7-4-9(20)18-5-2-3-6-18/h2-7H2,1H3. The molecule has 1 aromatic rings. The van der Waals surface area contributed by atoms with Crippen LogP contribution in [0.5, 0.6) is 0 Å². The summed E-state index contributed by atoms with van der Waals surface area (Å²) in [5, 5.41) is 3.55. The van der Waals surface area contributed by atoms with Crippen molar-refractivity contribution in [1.29, 1.82) is 0 Å². The third-order valence-electron chi connectivity index (χ3n) is 3.40. The van der Waals surface area contributed by atoms with E-state index in [2.05, 4.69) is 21.0 Å². The van der Waals surface area contributed by atoms with Gasteiger partial charge in [-0.2, -0.15) is 18.3 Å². The molecule has 8 heteroatoms. The lowest BCUT2D eigenvalue weighted by atomic mass is 10.3. The maximum atomic E-state index is 12.7. The summed E-state index contributed by atoms with van der Waals surface area (Å²) in [6, 6.07) is 0. The van der Waals surface area contributed by atoms with Crippen LogP contribution < -0.4 is 0 Å². The van der Waals surface area contributed by atoms with E-state index < -0.39 is 11.9 Å². The van der Waals surface area contributed by atoms with Crippen LogP contribution in [0.3, 0.4) is 0 Å². The molecule has 0 bridgehead atoms. The van der Waals surface area contributed by atoms with Gasteiger partial charge in [0.25, 0.3) is 0 Å². The first kappa shape index (κ1) is 15.3. The van der Waals surface area contributed by atoms with Crippen molar-refractivity contribution >= 4 is 21.8 Å². The molecule has 1 amide bonds. The van der Waals surface area contributed by atoms with E-state index in [1.807, 2.05) is 0 Å². The van der Waals surface area contributed by atoms with Gasteiger partial charge in [-0.15, -0.1) is 0 Å². The number of amides is 1. The van der Waals surface area contributed by atoms with Crippen LogP contribution in [0, 0.1) is 6.92 Å². The summed E-state index contributed by atoms with van der Waals surface area (Å²) in [5.41, 5.74) is -0.560. The van der Waals surface area contributed by atoms with E-state index >= 15 is 0 Å². The lowest BCUT2D eigenvalue weighted by Gasteiger charge is -2.15. The van der Waals surface area contributed by atoms with Crippen molar-refractivity contribution in [3.05, 3.63) is 15.9 Å². The molecule has 0 aromatic carbocycles. The third kappa shape index (κ3) is 3.16. The van der Waals surface area contributed by atoms with Crippen LogP contribution >= 0.6 is 15.9 Å². The Balaban J connectivity index is 2.04. The first-order valence-electron chi connectivity index (χ1n) is 6.38. The van der Waals surface area contributed by atoms with E-state index in [-0.39, 0.29) is 23.3 Å². The topological polar surface area (TPSA) is 38.1 Å². The monoisotopic (exact) mass is 353 g/mol. The number of carbonyl (C=O) groups excluding carboxylic acids is 1. The van der Waals surface area contributed by atoms with Gasteiger partial charge in [-0.05, 0) is 35.7 Å². The molecular weight excluding hydrogens is 339 g/mol. The molecule has 0 atom stereocenters. The Morgan fingerprint density at radius 1 is 1.35 bits per heavy atom. The molecule has 0 spiro atoms. The van der Waals surface area contributed by atoms with Crippen LogP contribution in [0.2, 0.25) is 0 Å². The number of likely N-dealkylation sites (tertiary alicyclic amines) is 1. The summed E-state index contributed by atoms with van der Waals surface area (Å²) in [6.45, 7) is 3.20. The summed E-state index contributed by atoms with van der Waals surface area (Å²) in [7, 11) is 0. The van der Waals surface area contributed by atoms with Gasteiger partial charge in [0.1, 0.15) is 0 Å². The van der Waals surface area contributed by atoms with E-state index in [9.17, 15) is 18.0 Å². The van der Waals surface area contributed by atoms with E-state index in [0.717, 1.165) is 25.9 Å². The number of alkyl halides is 3. The van der Waals surface area contributed by atoms with Crippen molar-refractivity contribution in [3.63, 3.8) is 0 Å². The van der Waals surface area contributed by atoms with Crippen LogP contribution in [-0.2, 0) is 17.5 Å². The van der Waals surface area contributed by atoms with E-state index in [1.54, 1.807) is 11.8 Å². The predicted molar refractivity (Wildman–Crippen MR) is 70.1 cm³/mol. The fourth-order valence-electron chi connectivity index (χ4n) is 2.25. The van der Waals surface area contributed by atoms with Gasteiger partial charge >= 0.3 is 6.18 Å². The Morgan fingerprint density at radius 2 is 1.95 bits per heavy atom. The number of carbonyl (C=O) groups is 1. The van der Waals surface area contributed by atoms with Gasteiger partial charge in [-0.1, -0.05) is 0 Å². The first-order chi connectivity index (χ1) is 9.30. The van der Waals surface area contributed by atoms with E-state index in [0.29, 0.717) is 5.69 Å². The minimum absolute atomic E-state index is 0.0259. The van der Waals surface area contributed by atoms with Crippen molar-refractivity contribution < 1.29 is 18.0 Å². The molecule has 0 N–H and O–H groups in total. The SMILES string of the molecule is Cc1c(Br)c(C(F)(F)F)nn1CCC(=O)N1CCCC1. The van der Waals surface area contributed by atoms with Gasteiger partial charge in [0.05, 0.1) is 16.7 Å². The Bertz CT molecular complexity index is 507. The van der Waals surface area contributed by atoms with Gasteiger partial charge < -0.3 is 4.90 Å². The number of aryl methyl sites for hydroxylation is 1. The second-order valence-electron chi connectivity index (χ2n) is 4.81. The van der Waals surface area contributed by atoms with E-state index in [4.69, 9.17) is 0 Å². The Kier molecular flexibility index (Phi) is 4.41. The van der Waals surface area contributed by atoms with Crippen LogP contribution in [0.15, 0.2) is 4.47 Å². The lowest BCUT2D eigenvalue weighted by molar-refractivity contribution is -0.142. The summed E-state index contributed by atoms with van der Waals surface area (Å²) < 4.78 is 39.3. The van der Waals surface area contributed by atoms with Gasteiger partial charge in [-0.3, -0.25) is 9.48 Å². The van der Waals surface area contributed by atoms with Crippen molar-refractivity contribution in [3.8, 4) is 0 Å². The number of aromatic nitrogens is 2. The molecule has 0 radical (unpaired) electrons. The Morgan fingerprint density at radius 3 is 2.45 bits per heavy atom. The third-order valence-corrected chi connectivity index (χ3v) is 4.35. The molecule has 2 heterocycles. The lowest BCUT2D eigenvalue weighted by Crippen LogP contribution is -2.28. The molecule has 0 unspecified atom stereocenters. The molecular formula is C12H15BrF3N3O. The number of rotatable bonds is 3. The predicted octanol–water partition coefficient (Wildman–Crippen LogP) is 2.99. The van der Waals surface area contributed by atoms with Crippen LogP contribution in [0.1, 0.15) is 30.7 Å². The first-order valence-corrected chi connectivity index (χ1v) is 7.18. The van der Waals surface area contributed by atoms with Gasteiger partial charge in [-0.25, -0.2) is 0 Å². The fraction of sp³-hybridized carbons (Fsp3) is 0.667. The van der Waals surface area contributed by atoms with Crippen LogP contribution in [0.4, 0.5) is 13.2 Å². The zero-order chi connectivity index (χ0) is 14.9. The highest BCUT2D eigenvalue weighted by Gasteiger charge is 2.37. The average Bonchev–Trinajstić information content (AvgIpc) is 2.97. The number of hydrogen-bond donors (Lipinski definition) is 0. The van der Waals surface area contributed by atoms with Gasteiger partial charge in [0.2, 0.25) is 5.91 Å². The molecule has 4 nitrogen and oxygen atoms in total. The minimum Gasteiger partial charge on any atom is -0.343 e. The molecule has 0 saturated carbocycles. The second-order valence-corrected chi connectivity index (χ2v) is 5.60. The van der Waals surface area contributed by atoms with Crippen LogP contribution in [-0.4, -0.2) is 33.7 Å². The molecule has 1 aromatic heterocycles. The molecule has 20 heavy (non-hydrogen) atoms. The zero-order valence-electron chi connectivity index (χ0n) is 11.0. The van der Waals surface area contributed by atoms with Crippen molar-refractivity contribution in [1.82, 2.24) is 14.7 Å². The molecule has 2 rings (SSSR count). The quantitative estimate of drug-likeness (QED) is 0.837. The van der Waals surface area contributed by atoms with Crippen LogP contribution in [0.25, 0.3) is 0 Å². The smallest absolute Gasteiger partial charge is 0.343 e. The van der Waals surface area contributed by atoms with Crippen molar-refractivity contribution in [2.24, 2.45) is 0 Å². The Hall–Kier alpha value is -1.05.